The molecule has 5 unspecified atom stereocenters. The number of aliphatic carboxylic acids is 2. The molecule has 0 aliphatic rings. The van der Waals surface area contributed by atoms with E-state index in [0.717, 1.165) is 5.56 Å². The van der Waals surface area contributed by atoms with Gasteiger partial charge in [0.1, 0.15) is 18.1 Å². The molecule has 1 aromatic carbocycles. The van der Waals surface area contributed by atoms with Crippen LogP contribution in [0.15, 0.2) is 30.3 Å². The first-order valence-electron chi connectivity index (χ1n) is 10.6. The lowest BCUT2D eigenvalue weighted by atomic mass is 9.97. The van der Waals surface area contributed by atoms with Crippen LogP contribution in [-0.4, -0.2) is 64.0 Å². The average molecular weight is 465 g/mol. The SMILES string of the molecule is CCC(C)C(NC(=O)C(C)NC(=O)C(N)CC(=O)O)C(=O)NC(Cc1ccccc1)C(=O)O. The Bertz CT molecular complexity index is 846. The van der Waals surface area contributed by atoms with E-state index in [1.807, 2.05) is 6.92 Å². The Kier molecular flexibility index (Phi) is 11.0. The van der Waals surface area contributed by atoms with Crippen molar-refractivity contribution in [2.45, 2.75) is 64.2 Å². The van der Waals surface area contributed by atoms with Crippen LogP contribution in [0.3, 0.4) is 0 Å². The maximum Gasteiger partial charge on any atom is 0.326 e. The summed E-state index contributed by atoms with van der Waals surface area (Å²) in [6.07, 6.45) is -0.0217. The summed E-state index contributed by atoms with van der Waals surface area (Å²) in [5, 5.41) is 25.6. The number of carboxylic acid groups (broad SMARTS) is 2. The predicted molar refractivity (Wildman–Crippen MR) is 119 cm³/mol. The quantitative estimate of drug-likeness (QED) is 0.228. The van der Waals surface area contributed by atoms with E-state index in [0.29, 0.717) is 6.42 Å². The van der Waals surface area contributed by atoms with Crippen molar-refractivity contribution in [3.05, 3.63) is 35.9 Å². The van der Waals surface area contributed by atoms with Crippen LogP contribution in [0.1, 0.15) is 39.2 Å². The summed E-state index contributed by atoms with van der Waals surface area (Å²) in [5.74, 6) is -4.99. The molecule has 0 bridgehead atoms. The Balaban J connectivity index is 2.85. The number of carbonyl (C=O) groups excluding carboxylic acids is 3. The number of nitrogens with one attached hydrogen (secondary N) is 3. The van der Waals surface area contributed by atoms with Gasteiger partial charge in [-0.1, -0.05) is 50.6 Å². The highest BCUT2D eigenvalue weighted by molar-refractivity contribution is 5.94. The Hall–Kier alpha value is -3.47. The molecular weight excluding hydrogens is 432 g/mol. The summed E-state index contributed by atoms with van der Waals surface area (Å²) in [4.78, 5) is 59.8. The number of amides is 3. The number of carbonyl (C=O) groups is 5. The smallest absolute Gasteiger partial charge is 0.326 e. The summed E-state index contributed by atoms with van der Waals surface area (Å²) in [6, 6.07) is 4.12. The topological polar surface area (TPSA) is 188 Å². The maximum absolute atomic E-state index is 12.9. The summed E-state index contributed by atoms with van der Waals surface area (Å²) >= 11 is 0. The zero-order valence-corrected chi connectivity index (χ0v) is 18.9. The van der Waals surface area contributed by atoms with Gasteiger partial charge in [-0.2, -0.15) is 0 Å². The molecule has 0 saturated carbocycles. The Morgan fingerprint density at radius 2 is 1.52 bits per heavy atom. The lowest BCUT2D eigenvalue weighted by Gasteiger charge is -2.27. The van der Waals surface area contributed by atoms with Gasteiger partial charge in [0.15, 0.2) is 0 Å². The van der Waals surface area contributed by atoms with Gasteiger partial charge in [-0.25, -0.2) is 4.79 Å². The van der Waals surface area contributed by atoms with Gasteiger partial charge in [0.05, 0.1) is 12.5 Å². The van der Waals surface area contributed by atoms with Crippen LogP contribution in [0.5, 0.6) is 0 Å². The van der Waals surface area contributed by atoms with Crippen LogP contribution in [0.2, 0.25) is 0 Å². The maximum atomic E-state index is 12.9. The van der Waals surface area contributed by atoms with Crippen LogP contribution >= 0.6 is 0 Å². The lowest BCUT2D eigenvalue weighted by Crippen LogP contribution is -2.58. The summed E-state index contributed by atoms with van der Waals surface area (Å²) in [5.41, 5.74) is 6.21. The predicted octanol–water partition coefficient (Wildman–Crippen LogP) is -0.364. The monoisotopic (exact) mass is 464 g/mol. The van der Waals surface area contributed by atoms with E-state index in [9.17, 15) is 29.1 Å². The molecule has 0 saturated heterocycles. The van der Waals surface area contributed by atoms with E-state index >= 15 is 0 Å². The summed E-state index contributed by atoms with van der Waals surface area (Å²) in [6.45, 7) is 4.90. The number of carboxylic acids is 2. The molecule has 0 heterocycles. The fourth-order valence-electron chi connectivity index (χ4n) is 2.96. The second-order valence-corrected chi connectivity index (χ2v) is 7.90. The first-order chi connectivity index (χ1) is 15.5. The second-order valence-electron chi connectivity index (χ2n) is 7.90. The van der Waals surface area contributed by atoms with Crippen molar-refractivity contribution < 1.29 is 34.2 Å². The van der Waals surface area contributed by atoms with Crippen molar-refractivity contribution in [1.29, 1.82) is 0 Å². The first kappa shape index (κ1) is 27.6. The third kappa shape index (κ3) is 9.27. The Morgan fingerprint density at radius 3 is 2.03 bits per heavy atom. The first-order valence-corrected chi connectivity index (χ1v) is 10.6. The van der Waals surface area contributed by atoms with Gasteiger partial charge in [0.2, 0.25) is 17.7 Å². The molecule has 11 heteroatoms. The fraction of sp³-hybridized carbons (Fsp3) is 0.500. The molecule has 11 nitrogen and oxygen atoms in total. The lowest BCUT2D eigenvalue weighted by molar-refractivity contribution is -0.142. The number of rotatable bonds is 13. The number of benzene rings is 1. The van der Waals surface area contributed by atoms with E-state index in [2.05, 4.69) is 16.0 Å². The number of hydrogen-bond acceptors (Lipinski definition) is 6. The third-order valence-corrected chi connectivity index (χ3v) is 5.17. The second kappa shape index (κ2) is 13.2. The van der Waals surface area contributed by atoms with Crippen LogP contribution in [-0.2, 0) is 30.4 Å². The molecule has 0 radical (unpaired) electrons. The van der Waals surface area contributed by atoms with Crippen molar-refractivity contribution in [2.24, 2.45) is 11.7 Å². The van der Waals surface area contributed by atoms with E-state index in [1.54, 1.807) is 37.3 Å². The number of nitrogens with two attached hydrogens (primary N) is 1. The van der Waals surface area contributed by atoms with Crippen molar-refractivity contribution in [3.8, 4) is 0 Å². The van der Waals surface area contributed by atoms with Gasteiger partial charge in [-0.15, -0.1) is 0 Å². The van der Waals surface area contributed by atoms with Gasteiger partial charge in [-0.3, -0.25) is 19.2 Å². The zero-order valence-electron chi connectivity index (χ0n) is 18.9. The molecule has 5 atom stereocenters. The molecule has 7 N–H and O–H groups in total. The highest BCUT2D eigenvalue weighted by Crippen LogP contribution is 2.10. The largest absolute Gasteiger partial charge is 0.481 e. The minimum atomic E-state index is -1.33. The molecule has 0 aliphatic heterocycles. The molecule has 0 spiro atoms. The van der Waals surface area contributed by atoms with Crippen molar-refractivity contribution >= 4 is 29.7 Å². The summed E-state index contributed by atoms with van der Waals surface area (Å²) < 4.78 is 0. The molecule has 1 aromatic rings. The van der Waals surface area contributed by atoms with Crippen LogP contribution in [0.4, 0.5) is 0 Å². The van der Waals surface area contributed by atoms with Crippen molar-refractivity contribution in [1.82, 2.24) is 16.0 Å². The van der Waals surface area contributed by atoms with Gasteiger partial charge < -0.3 is 31.9 Å². The average Bonchev–Trinajstić information content (AvgIpc) is 2.76. The van der Waals surface area contributed by atoms with E-state index in [4.69, 9.17) is 10.8 Å². The van der Waals surface area contributed by atoms with Gasteiger partial charge in [0.25, 0.3) is 0 Å². The van der Waals surface area contributed by atoms with E-state index in [1.165, 1.54) is 6.92 Å². The number of hydrogen-bond donors (Lipinski definition) is 6. The minimum Gasteiger partial charge on any atom is -0.481 e. The van der Waals surface area contributed by atoms with Crippen LogP contribution in [0.25, 0.3) is 0 Å². The zero-order chi connectivity index (χ0) is 25.1. The van der Waals surface area contributed by atoms with Gasteiger partial charge in [-0.05, 0) is 18.4 Å². The minimum absolute atomic E-state index is 0.0665. The van der Waals surface area contributed by atoms with Crippen LogP contribution in [0, 0.1) is 5.92 Å². The molecular formula is C22H32N4O7. The van der Waals surface area contributed by atoms with Crippen molar-refractivity contribution in [3.63, 3.8) is 0 Å². The Morgan fingerprint density at radius 1 is 0.909 bits per heavy atom. The highest BCUT2D eigenvalue weighted by Gasteiger charge is 2.31. The molecule has 182 valence electrons. The molecule has 1 rings (SSSR count). The molecule has 0 fully saturated rings. The molecule has 0 aromatic heterocycles. The highest BCUT2D eigenvalue weighted by atomic mass is 16.4. The van der Waals surface area contributed by atoms with Crippen molar-refractivity contribution in [2.75, 3.05) is 0 Å². The van der Waals surface area contributed by atoms with E-state index in [-0.39, 0.29) is 12.3 Å². The van der Waals surface area contributed by atoms with Gasteiger partial charge >= 0.3 is 11.9 Å². The van der Waals surface area contributed by atoms with E-state index < -0.39 is 60.2 Å². The molecule has 33 heavy (non-hydrogen) atoms. The third-order valence-electron chi connectivity index (χ3n) is 5.17. The summed E-state index contributed by atoms with van der Waals surface area (Å²) in [7, 11) is 0. The normalized spacial score (nSPS) is 15.3. The van der Waals surface area contributed by atoms with Gasteiger partial charge in [0, 0.05) is 6.42 Å². The standard InChI is InChI=1S/C22H32N4O7/c1-4-12(2)18(26-19(29)13(3)24-20(30)15(23)11-17(27)28)21(31)25-16(22(32)33)10-14-8-6-5-7-9-14/h5-9,12-13,15-16,18H,4,10-11,23H2,1-3H3,(H,24,30)(H,25,31)(H,26,29)(H,27,28)(H,32,33). The Labute approximate surface area is 192 Å². The molecule has 0 aliphatic carbocycles. The van der Waals surface area contributed by atoms with Crippen LogP contribution < -0.4 is 21.7 Å². The fourth-order valence-corrected chi connectivity index (χ4v) is 2.96. The molecule has 3 amide bonds.